The molecule has 1 amide bonds. The Hall–Kier alpha value is -0.610. The zero-order valence-electron chi connectivity index (χ0n) is 9.68. The van der Waals surface area contributed by atoms with Gasteiger partial charge in [0.2, 0.25) is 5.91 Å². The first kappa shape index (κ1) is 12.5. The van der Waals surface area contributed by atoms with E-state index in [1.54, 1.807) is 0 Å². The number of rotatable bonds is 6. The van der Waals surface area contributed by atoms with Crippen molar-refractivity contribution < 1.29 is 9.90 Å². The maximum Gasteiger partial charge on any atom is 0.240 e. The second kappa shape index (κ2) is 4.49. The topological polar surface area (TPSA) is 75.3 Å². The minimum Gasteiger partial charge on any atom is -0.396 e. The summed E-state index contributed by atoms with van der Waals surface area (Å²) in [5.74, 6) is -0.0282. The molecule has 0 spiro atoms. The predicted molar refractivity (Wildman–Crippen MR) is 59.3 cm³/mol. The second-order valence-corrected chi connectivity index (χ2v) is 5.33. The Morgan fingerprint density at radius 3 is 2.60 bits per heavy atom. The van der Waals surface area contributed by atoms with Crippen LogP contribution in [0.25, 0.3) is 0 Å². The highest BCUT2D eigenvalue weighted by molar-refractivity contribution is 5.88. The van der Waals surface area contributed by atoms with Crippen LogP contribution in [0.1, 0.15) is 39.5 Å². The molecule has 1 rings (SSSR count). The first-order valence-electron chi connectivity index (χ1n) is 5.58. The number of aliphatic hydroxyl groups is 1. The Labute approximate surface area is 91.2 Å². The number of hydrogen-bond acceptors (Lipinski definition) is 3. The molecule has 0 bridgehead atoms. The van der Waals surface area contributed by atoms with Crippen molar-refractivity contribution in [1.82, 2.24) is 5.32 Å². The summed E-state index contributed by atoms with van der Waals surface area (Å²) in [6, 6.07) is 0. The van der Waals surface area contributed by atoms with Crippen LogP contribution >= 0.6 is 0 Å². The van der Waals surface area contributed by atoms with Crippen LogP contribution in [0.15, 0.2) is 0 Å². The first-order chi connectivity index (χ1) is 6.90. The van der Waals surface area contributed by atoms with Crippen LogP contribution in [0.4, 0.5) is 0 Å². The molecule has 4 heteroatoms. The Balaban J connectivity index is 2.26. The number of hydrogen-bond donors (Lipinski definition) is 3. The van der Waals surface area contributed by atoms with E-state index in [1.165, 1.54) is 0 Å². The van der Waals surface area contributed by atoms with E-state index in [9.17, 15) is 4.79 Å². The van der Waals surface area contributed by atoms with Gasteiger partial charge in [-0.15, -0.1) is 0 Å². The lowest BCUT2D eigenvalue weighted by Crippen LogP contribution is -2.45. The lowest BCUT2D eigenvalue weighted by molar-refractivity contribution is -0.123. The van der Waals surface area contributed by atoms with Gasteiger partial charge in [-0.05, 0) is 31.1 Å². The molecular formula is C11H22N2O2. The van der Waals surface area contributed by atoms with Gasteiger partial charge in [0.1, 0.15) is 0 Å². The molecule has 1 saturated carbocycles. The Morgan fingerprint density at radius 2 is 2.13 bits per heavy atom. The van der Waals surface area contributed by atoms with Gasteiger partial charge in [0.15, 0.2) is 0 Å². The summed E-state index contributed by atoms with van der Waals surface area (Å²) in [6.45, 7) is 5.00. The zero-order valence-corrected chi connectivity index (χ0v) is 9.68. The van der Waals surface area contributed by atoms with Crippen molar-refractivity contribution >= 4 is 5.91 Å². The van der Waals surface area contributed by atoms with Crippen molar-refractivity contribution in [2.75, 3.05) is 13.2 Å². The minimum atomic E-state index is -0.576. The van der Waals surface area contributed by atoms with Crippen molar-refractivity contribution in [2.45, 2.75) is 45.1 Å². The lowest BCUT2D eigenvalue weighted by atomic mass is 9.88. The van der Waals surface area contributed by atoms with Gasteiger partial charge in [0, 0.05) is 13.2 Å². The maximum absolute atomic E-state index is 11.6. The van der Waals surface area contributed by atoms with E-state index in [4.69, 9.17) is 10.8 Å². The molecule has 0 aliphatic heterocycles. The molecule has 1 aliphatic rings. The quantitative estimate of drug-likeness (QED) is 0.599. The van der Waals surface area contributed by atoms with Gasteiger partial charge in [0.25, 0.3) is 0 Å². The van der Waals surface area contributed by atoms with E-state index in [0.29, 0.717) is 6.54 Å². The van der Waals surface area contributed by atoms with Gasteiger partial charge >= 0.3 is 0 Å². The summed E-state index contributed by atoms with van der Waals surface area (Å²) in [5, 5.41) is 11.6. The van der Waals surface area contributed by atoms with E-state index in [0.717, 1.165) is 25.7 Å². The molecule has 0 saturated heterocycles. The fourth-order valence-electron chi connectivity index (χ4n) is 1.50. The van der Waals surface area contributed by atoms with Crippen molar-refractivity contribution in [3.63, 3.8) is 0 Å². The van der Waals surface area contributed by atoms with Crippen LogP contribution in [0.2, 0.25) is 0 Å². The van der Waals surface area contributed by atoms with Crippen molar-refractivity contribution in [1.29, 1.82) is 0 Å². The van der Waals surface area contributed by atoms with E-state index >= 15 is 0 Å². The third-order valence-electron chi connectivity index (χ3n) is 2.98. The minimum absolute atomic E-state index is 0.0282. The molecule has 0 aromatic rings. The number of aliphatic hydroxyl groups excluding tert-OH is 1. The van der Waals surface area contributed by atoms with Gasteiger partial charge < -0.3 is 16.2 Å². The Kier molecular flexibility index (Phi) is 3.73. The van der Waals surface area contributed by atoms with Gasteiger partial charge in [-0.3, -0.25) is 4.79 Å². The van der Waals surface area contributed by atoms with Crippen molar-refractivity contribution in [2.24, 2.45) is 11.1 Å². The highest BCUT2D eigenvalue weighted by atomic mass is 16.2. The zero-order chi connectivity index (χ0) is 11.5. The van der Waals surface area contributed by atoms with Gasteiger partial charge in [0.05, 0.1) is 5.54 Å². The number of carbonyl (C=O) groups is 1. The van der Waals surface area contributed by atoms with E-state index in [1.807, 2.05) is 0 Å². The molecule has 15 heavy (non-hydrogen) atoms. The number of carbonyl (C=O) groups excluding carboxylic acids is 1. The molecule has 4 nitrogen and oxygen atoms in total. The molecule has 0 unspecified atom stereocenters. The molecule has 4 N–H and O–H groups in total. The third kappa shape index (κ3) is 3.80. The van der Waals surface area contributed by atoms with Crippen LogP contribution in [0, 0.1) is 5.41 Å². The molecule has 0 heterocycles. The summed E-state index contributed by atoms with van der Waals surface area (Å²) >= 11 is 0. The number of amides is 1. The fraction of sp³-hybridized carbons (Fsp3) is 0.909. The normalized spacial score (nSPS) is 18.7. The molecule has 0 radical (unpaired) electrons. The van der Waals surface area contributed by atoms with E-state index in [2.05, 4.69) is 19.2 Å². The summed E-state index contributed by atoms with van der Waals surface area (Å²) < 4.78 is 0. The third-order valence-corrected chi connectivity index (χ3v) is 2.98. The van der Waals surface area contributed by atoms with Crippen LogP contribution in [-0.2, 0) is 4.79 Å². The Morgan fingerprint density at radius 1 is 1.53 bits per heavy atom. The highest BCUT2D eigenvalue weighted by Gasteiger charge is 2.46. The van der Waals surface area contributed by atoms with Crippen molar-refractivity contribution in [3.8, 4) is 0 Å². The largest absolute Gasteiger partial charge is 0.396 e. The standard InChI is InChI=1S/C11H22N2O2/c1-10(2,4-3-7-14)8-13-9(15)11(12)5-6-11/h14H,3-8,12H2,1-2H3,(H,13,15). The summed E-state index contributed by atoms with van der Waals surface area (Å²) in [6.07, 6.45) is 3.28. The van der Waals surface area contributed by atoms with Crippen molar-refractivity contribution in [3.05, 3.63) is 0 Å². The van der Waals surface area contributed by atoms with Gasteiger partial charge in [-0.1, -0.05) is 13.8 Å². The van der Waals surface area contributed by atoms with Crippen LogP contribution < -0.4 is 11.1 Å². The fourth-order valence-corrected chi connectivity index (χ4v) is 1.50. The van der Waals surface area contributed by atoms with Crippen LogP contribution in [-0.4, -0.2) is 29.7 Å². The first-order valence-corrected chi connectivity index (χ1v) is 5.58. The molecule has 0 aromatic heterocycles. The smallest absolute Gasteiger partial charge is 0.240 e. The average Bonchev–Trinajstić information content (AvgIpc) is 2.91. The molecule has 88 valence electrons. The Bertz CT molecular complexity index is 235. The summed E-state index contributed by atoms with van der Waals surface area (Å²) in [5.41, 5.74) is 5.22. The monoisotopic (exact) mass is 214 g/mol. The van der Waals surface area contributed by atoms with Gasteiger partial charge in [-0.25, -0.2) is 0 Å². The van der Waals surface area contributed by atoms with Gasteiger partial charge in [-0.2, -0.15) is 0 Å². The molecule has 1 fully saturated rings. The molecule has 0 aromatic carbocycles. The molecule has 0 atom stereocenters. The average molecular weight is 214 g/mol. The number of nitrogens with one attached hydrogen (secondary N) is 1. The molecule has 1 aliphatic carbocycles. The van der Waals surface area contributed by atoms with Crippen LogP contribution in [0.5, 0.6) is 0 Å². The second-order valence-electron chi connectivity index (χ2n) is 5.33. The van der Waals surface area contributed by atoms with E-state index < -0.39 is 5.54 Å². The highest BCUT2D eigenvalue weighted by Crippen LogP contribution is 2.32. The number of nitrogens with two attached hydrogens (primary N) is 1. The molecular weight excluding hydrogens is 192 g/mol. The summed E-state index contributed by atoms with van der Waals surface area (Å²) in [4.78, 5) is 11.6. The van der Waals surface area contributed by atoms with Crippen LogP contribution in [0.3, 0.4) is 0 Å². The maximum atomic E-state index is 11.6. The SMILES string of the molecule is CC(C)(CCCO)CNC(=O)C1(N)CC1. The lowest BCUT2D eigenvalue weighted by Gasteiger charge is -2.25. The van der Waals surface area contributed by atoms with E-state index in [-0.39, 0.29) is 17.9 Å². The summed E-state index contributed by atoms with van der Waals surface area (Å²) in [7, 11) is 0. The predicted octanol–water partition coefficient (Wildman–Crippen LogP) is 0.393.